The third-order valence-electron chi connectivity index (χ3n) is 11.0. The van der Waals surface area contributed by atoms with Gasteiger partial charge in [-0.2, -0.15) is 0 Å². The second kappa shape index (κ2) is 9.38. The number of carbonyl (C=O) groups excluding carboxylic acids is 3. The second-order valence-corrected chi connectivity index (χ2v) is 15.2. The molecule has 0 bridgehead atoms. The molecule has 5 rings (SSSR count). The summed E-state index contributed by atoms with van der Waals surface area (Å²) >= 11 is 5.18. The summed E-state index contributed by atoms with van der Waals surface area (Å²) in [5.41, 5.74) is 0.277. The van der Waals surface area contributed by atoms with Gasteiger partial charge in [-0.15, -0.1) is 11.3 Å². The number of carbonyl (C=O) groups is 3. The number of fused-ring (bicyclic) bond motifs is 5. The molecule has 4 nitrogen and oxygen atoms in total. The lowest BCUT2D eigenvalue weighted by Gasteiger charge is -2.59. The van der Waals surface area contributed by atoms with Crippen molar-refractivity contribution in [3.05, 3.63) is 20.8 Å². The molecule has 9 atom stereocenters. The van der Waals surface area contributed by atoms with E-state index in [0.29, 0.717) is 60.9 Å². The summed E-state index contributed by atoms with van der Waals surface area (Å²) in [7, 11) is 0. The molecule has 0 saturated heterocycles. The van der Waals surface area contributed by atoms with Gasteiger partial charge in [-0.3, -0.25) is 14.4 Å². The summed E-state index contributed by atoms with van der Waals surface area (Å²) in [5, 5.41) is 3.21. The fourth-order valence-electron chi connectivity index (χ4n) is 9.07. The second-order valence-electron chi connectivity index (χ2n) is 12.7. The quantitative estimate of drug-likeness (QED) is 0.416. The Morgan fingerprint density at radius 2 is 1.83 bits per heavy atom. The van der Waals surface area contributed by atoms with E-state index in [-0.39, 0.29) is 34.6 Å². The van der Waals surface area contributed by atoms with Crippen molar-refractivity contribution >= 4 is 44.7 Å². The zero-order chi connectivity index (χ0) is 25.1. The van der Waals surface area contributed by atoms with Crippen LogP contribution in [0.4, 0.5) is 0 Å². The lowest BCUT2D eigenvalue weighted by Crippen LogP contribution is -2.57. The van der Waals surface area contributed by atoms with Crippen molar-refractivity contribution < 1.29 is 14.4 Å². The smallest absolute Gasteiger partial charge is 0.220 e. The number of Topliss-reactive ketones (excluding diaryl/α,β-unsaturated/α-hetero) is 2. The highest BCUT2D eigenvalue weighted by atomic mass is 79.9. The van der Waals surface area contributed by atoms with E-state index in [2.05, 4.69) is 55.0 Å². The van der Waals surface area contributed by atoms with Crippen LogP contribution in [0.25, 0.3) is 0 Å². The summed E-state index contributed by atoms with van der Waals surface area (Å²) in [6.07, 6.45) is 7.92. The van der Waals surface area contributed by atoms with Crippen LogP contribution in [0.2, 0.25) is 0 Å². The Hall–Kier alpha value is -1.01. The molecular formula is C29H40BrNO3S. The van der Waals surface area contributed by atoms with Gasteiger partial charge in [-0.1, -0.05) is 20.8 Å². The number of ketones is 2. The van der Waals surface area contributed by atoms with Crippen molar-refractivity contribution in [2.24, 2.45) is 46.3 Å². The predicted octanol–water partition coefficient (Wildman–Crippen LogP) is 7.12. The third-order valence-corrected chi connectivity index (χ3v) is 12.8. The highest BCUT2D eigenvalue weighted by Crippen LogP contribution is 2.67. The molecule has 4 saturated carbocycles. The molecule has 1 aromatic heterocycles. The Morgan fingerprint density at radius 3 is 2.54 bits per heavy atom. The molecule has 1 heterocycles. The first-order chi connectivity index (χ1) is 16.5. The van der Waals surface area contributed by atoms with Gasteiger partial charge < -0.3 is 5.32 Å². The molecule has 1 aromatic rings. The fourth-order valence-corrected chi connectivity index (χ4v) is 10.5. The van der Waals surface area contributed by atoms with Gasteiger partial charge in [0, 0.05) is 36.5 Å². The van der Waals surface area contributed by atoms with Crippen LogP contribution in [0.5, 0.6) is 0 Å². The summed E-state index contributed by atoms with van der Waals surface area (Å²) in [6.45, 7) is 9.13. The summed E-state index contributed by atoms with van der Waals surface area (Å²) < 4.78 is 1.08. The van der Waals surface area contributed by atoms with Gasteiger partial charge in [0.1, 0.15) is 11.6 Å². The minimum atomic E-state index is 0.0178. The Labute approximate surface area is 222 Å². The number of hydrogen-bond donors (Lipinski definition) is 1. The van der Waals surface area contributed by atoms with Gasteiger partial charge >= 0.3 is 0 Å². The van der Waals surface area contributed by atoms with Gasteiger partial charge in [0.05, 0.1) is 9.83 Å². The van der Waals surface area contributed by atoms with Crippen molar-refractivity contribution in [3.8, 4) is 0 Å². The average Bonchev–Trinajstić information content (AvgIpc) is 3.38. The van der Waals surface area contributed by atoms with E-state index in [1.165, 1.54) is 0 Å². The molecule has 1 amide bonds. The molecule has 4 aliphatic carbocycles. The Balaban J connectivity index is 1.27. The lowest BCUT2D eigenvalue weighted by molar-refractivity contribution is -0.159. The van der Waals surface area contributed by atoms with Crippen molar-refractivity contribution in [2.75, 3.05) is 0 Å². The molecule has 1 N–H and O–H groups in total. The van der Waals surface area contributed by atoms with Crippen LogP contribution in [0.1, 0.15) is 96.4 Å². The van der Waals surface area contributed by atoms with Crippen molar-refractivity contribution in [1.29, 1.82) is 0 Å². The third kappa shape index (κ3) is 4.39. The van der Waals surface area contributed by atoms with Crippen molar-refractivity contribution in [2.45, 2.75) is 91.5 Å². The topological polar surface area (TPSA) is 63.2 Å². The molecular weight excluding hydrogens is 522 g/mol. The number of rotatable bonds is 5. The first-order valence-electron chi connectivity index (χ1n) is 13.6. The van der Waals surface area contributed by atoms with Crippen LogP contribution in [-0.2, 0) is 14.4 Å². The minimum absolute atomic E-state index is 0.0178. The first-order valence-corrected chi connectivity index (χ1v) is 15.2. The van der Waals surface area contributed by atoms with Crippen molar-refractivity contribution in [1.82, 2.24) is 5.32 Å². The Morgan fingerprint density at radius 1 is 1.09 bits per heavy atom. The normalized spacial score (nSPS) is 40.4. The minimum Gasteiger partial charge on any atom is -0.349 e. The number of amides is 1. The van der Waals surface area contributed by atoms with E-state index < -0.39 is 0 Å². The van der Waals surface area contributed by atoms with E-state index in [0.717, 1.165) is 40.8 Å². The molecule has 4 aliphatic rings. The molecule has 192 valence electrons. The Kier molecular flexibility index (Phi) is 6.87. The van der Waals surface area contributed by atoms with Crippen LogP contribution in [0.15, 0.2) is 15.9 Å². The van der Waals surface area contributed by atoms with Crippen molar-refractivity contribution in [3.63, 3.8) is 0 Å². The van der Waals surface area contributed by atoms with Crippen LogP contribution in [0.3, 0.4) is 0 Å². The van der Waals surface area contributed by atoms with E-state index in [1.807, 2.05) is 6.07 Å². The summed E-state index contributed by atoms with van der Waals surface area (Å²) in [4.78, 5) is 39.9. The maximum Gasteiger partial charge on any atom is 0.220 e. The number of hydrogen-bond acceptors (Lipinski definition) is 4. The molecule has 35 heavy (non-hydrogen) atoms. The van der Waals surface area contributed by atoms with Gasteiger partial charge in [-0.05, 0) is 108 Å². The number of thiophene rings is 1. The maximum atomic E-state index is 13.6. The van der Waals surface area contributed by atoms with E-state index in [4.69, 9.17) is 0 Å². The van der Waals surface area contributed by atoms with Crippen LogP contribution in [-0.4, -0.2) is 17.5 Å². The monoisotopic (exact) mass is 561 g/mol. The highest BCUT2D eigenvalue weighted by Gasteiger charge is 2.63. The van der Waals surface area contributed by atoms with E-state index in [1.54, 1.807) is 11.3 Å². The fraction of sp³-hybridized carbons (Fsp3) is 0.759. The van der Waals surface area contributed by atoms with Gasteiger partial charge in [0.2, 0.25) is 5.91 Å². The van der Waals surface area contributed by atoms with Crippen LogP contribution < -0.4 is 5.32 Å². The molecule has 4 fully saturated rings. The average molecular weight is 563 g/mol. The summed E-state index contributed by atoms with van der Waals surface area (Å²) in [5.74, 6) is 2.99. The largest absolute Gasteiger partial charge is 0.349 e. The standard InChI is InChI=1S/C29H40BrNO3S/c1-16(13-26(34)31-17(2)24-7-8-25(30)35-24)20-5-6-21-27-22(10-12-29(20,21)4)28(3)11-9-19(32)14-18(28)15-23(27)33/h7-8,16-18,20-22,27H,5-6,9-15H2,1-4H3,(H,31,34)/t16-,17?,18+,20?,21+,22+,27+,28+,29-/m1/s1. The SMILES string of the molecule is CC(NC(=O)C[C@@H](C)C1CC[C@H]2[C@@H]3C(=O)C[C@@H]4CC(=O)CC[C@]4(C)[C@H]3CC[C@]12C)c1ccc(Br)s1. The highest BCUT2D eigenvalue weighted by molar-refractivity contribution is 9.11. The molecule has 2 unspecified atom stereocenters. The van der Waals surface area contributed by atoms with Gasteiger partial charge in [0.15, 0.2) is 0 Å². The molecule has 6 heteroatoms. The number of nitrogens with one attached hydrogen (secondary N) is 1. The molecule has 0 aromatic carbocycles. The predicted molar refractivity (Wildman–Crippen MR) is 143 cm³/mol. The maximum absolute atomic E-state index is 13.6. The molecule has 0 spiro atoms. The van der Waals surface area contributed by atoms with Crippen LogP contribution >= 0.6 is 27.3 Å². The van der Waals surface area contributed by atoms with E-state index in [9.17, 15) is 14.4 Å². The van der Waals surface area contributed by atoms with Crippen LogP contribution in [0, 0.1) is 46.3 Å². The van der Waals surface area contributed by atoms with E-state index >= 15 is 0 Å². The molecule has 0 radical (unpaired) electrons. The zero-order valence-electron chi connectivity index (χ0n) is 21.6. The zero-order valence-corrected chi connectivity index (χ0v) is 24.0. The van der Waals surface area contributed by atoms with Gasteiger partial charge in [0.25, 0.3) is 0 Å². The summed E-state index contributed by atoms with van der Waals surface area (Å²) in [6, 6.07) is 4.12. The molecule has 0 aliphatic heterocycles. The lowest BCUT2D eigenvalue weighted by atomic mass is 9.44. The number of halogens is 1. The van der Waals surface area contributed by atoms with Gasteiger partial charge in [-0.25, -0.2) is 0 Å². The Bertz CT molecular complexity index is 1020. The first kappa shape index (κ1) is 25.6.